The normalized spacial score (nSPS) is 13.2. The van der Waals surface area contributed by atoms with Gasteiger partial charge < -0.3 is 30.7 Å². The summed E-state index contributed by atoms with van der Waals surface area (Å²) in [5, 5.41) is 41.1. The largest absolute Gasteiger partial charge is 0.366 e. The van der Waals surface area contributed by atoms with E-state index in [1.54, 1.807) is 31.4 Å². The van der Waals surface area contributed by atoms with Crippen LogP contribution in [0.1, 0.15) is 141 Å². The minimum atomic E-state index is 0.312. The lowest BCUT2D eigenvalue weighted by atomic mass is 10.0. The first kappa shape index (κ1) is 68.4. The summed E-state index contributed by atoms with van der Waals surface area (Å²) < 4.78 is 0. The van der Waals surface area contributed by atoms with E-state index in [1.165, 1.54) is 6.33 Å². The van der Waals surface area contributed by atoms with Gasteiger partial charge in [0.15, 0.2) is 0 Å². The van der Waals surface area contributed by atoms with Gasteiger partial charge in [0.05, 0.1) is 67.8 Å². The zero-order valence-electron chi connectivity index (χ0n) is 55.3. The van der Waals surface area contributed by atoms with Crippen molar-refractivity contribution in [2.24, 2.45) is 5.73 Å². The highest BCUT2D eigenvalue weighted by Crippen LogP contribution is 2.33. The van der Waals surface area contributed by atoms with E-state index in [1.807, 2.05) is 124 Å². The molecule has 4 aliphatic heterocycles. The van der Waals surface area contributed by atoms with Crippen molar-refractivity contribution in [1.29, 1.82) is 21.0 Å². The topological polar surface area (TPSA) is 301 Å². The van der Waals surface area contributed by atoms with Gasteiger partial charge in [0.1, 0.15) is 72.2 Å². The van der Waals surface area contributed by atoms with Crippen molar-refractivity contribution in [3.63, 3.8) is 0 Å². The summed E-state index contributed by atoms with van der Waals surface area (Å²) in [5.41, 5.74) is 24.9. The third-order valence-corrected chi connectivity index (χ3v) is 17.1. The van der Waals surface area contributed by atoms with Crippen LogP contribution >= 0.6 is 11.6 Å². The average Bonchev–Trinajstić information content (AvgIpc) is 0.821. The number of rotatable bonds is 10. The standard InChI is InChI=1S/C23H25N7.C15H13ClN4.2C14H12N4.C8H13N3/c1-15(2)22-25-10-17(11-26-22)12-27-23-19-13-30(7-6-20(19)28-14-29-23)21-5-4-16(3)8-18(21)9-24;1-10-2-3-14(11(6-10)7-17)20-5-4-13-12(8-20)15(16)19-9-18-13;2*15-7-11-3-1-2-4-14(11)18-6-5-13-12(9-18)8-16-10-17-13;1-6(2)8-10-4-7(3-9)5-11-8/h4-5,8,10-11,14-15H,6-7,12-13H2,1-3H3,(H,27,28,29);2-3,6,9H,4-5,8H2,1H3;2*1-4,8,10H,5-6,9H2;4-6H,3,9H2,1-2H3. The lowest BCUT2D eigenvalue weighted by Crippen LogP contribution is -2.32. The molecule has 0 atom stereocenters. The van der Waals surface area contributed by atoms with Crippen molar-refractivity contribution in [2.45, 2.75) is 118 Å². The van der Waals surface area contributed by atoms with Crippen LogP contribution in [-0.2, 0) is 65.0 Å². The van der Waals surface area contributed by atoms with Crippen molar-refractivity contribution in [3.8, 4) is 24.3 Å². The quantitative estimate of drug-likeness (QED) is 0.120. The minimum absolute atomic E-state index is 0.312. The Morgan fingerprint density at radius 2 is 0.856 bits per heavy atom. The Balaban J connectivity index is 0.000000136. The molecule has 14 rings (SSSR count). The fraction of sp³-hybridized carbons (Fsp3) is 0.297. The maximum absolute atomic E-state index is 9.56. The van der Waals surface area contributed by atoms with Crippen molar-refractivity contribution in [1.82, 2.24) is 59.8 Å². The van der Waals surface area contributed by atoms with E-state index >= 15 is 0 Å². The predicted molar refractivity (Wildman–Crippen MR) is 374 cm³/mol. The molecule has 22 nitrogen and oxygen atoms in total. The first-order valence-corrected chi connectivity index (χ1v) is 32.5. The highest BCUT2D eigenvalue weighted by Gasteiger charge is 2.26. The average molecular weight is 1310 g/mol. The Morgan fingerprint density at radius 3 is 1.32 bits per heavy atom. The second-order valence-electron chi connectivity index (χ2n) is 24.2. The van der Waals surface area contributed by atoms with Gasteiger partial charge in [-0.1, -0.05) is 75.7 Å². The molecule has 0 aliphatic carbocycles. The number of aryl methyl sites for hydroxylation is 2. The minimum Gasteiger partial charge on any atom is -0.366 e. The Kier molecular flexibility index (Phi) is 23.4. The molecule has 4 aliphatic rings. The highest BCUT2D eigenvalue weighted by atomic mass is 35.5. The van der Waals surface area contributed by atoms with E-state index in [0.717, 1.165) is 184 Å². The van der Waals surface area contributed by atoms with Gasteiger partial charge in [-0.05, 0) is 73.5 Å². The van der Waals surface area contributed by atoms with Crippen LogP contribution in [-0.4, -0.2) is 86.0 Å². The molecule has 97 heavy (non-hydrogen) atoms. The molecule has 0 bridgehead atoms. The molecule has 0 radical (unpaired) electrons. The summed E-state index contributed by atoms with van der Waals surface area (Å²) in [6.07, 6.45) is 20.8. The number of halogens is 1. The smallest absolute Gasteiger partial charge is 0.137 e. The van der Waals surface area contributed by atoms with E-state index in [4.69, 9.17) is 27.9 Å². The first-order valence-electron chi connectivity index (χ1n) is 32.2. The third-order valence-electron chi connectivity index (χ3n) is 16.8. The summed E-state index contributed by atoms with van der Waals surface area (Å²) in [4.78, 5) is 60.0. The fourth-order valence-electron chi connectivity index (χ4n) is 11.6. The van der Waals surface area contributed by atoms with Crippen LogP contribution in [0.3, 0.4) is 0 Å². The first-order chi connectivity index (χ1) is 47.2. The van der Waals surface area contributed by atoms with Crippen LogP contribution < -0.4 is 30.7 Å². The van der Waals surface area contributed by atoms with Gasteiger partial charge in [0, 0.05) is 174 Å². The summed E-state index contributed by atoms with van der Waals surface area (Å²) in [6.45, 7) is 19.7. The summed E-state index contributed by atoms with van der Waals surface area (Å²) in [7, 11) is 0. The van der Waals surface area contributed by atoms with Crippen LogP contribution in [0.15, 0.2) is 147 Å². The molecule has 6 aromatic heterocycles. The molecule has 0 saturated heterocycles. The van der Waals surface area contributed by atoms with Gasteiger partial charge in [-0.25, -0.2) is 59.8 Å². The van der Waals surface area contributed by atoms with E-state index in [9.17, 15) is 10.5 Å². The second kappa shape index (κ2) is 33.1. The molecule has 0 amide bonds. The number of nitrogens with zero attached hydrogens (tertiary/aromatic N) is 20. The van der Waals surface area contributed by atoms with Crippen molar-refractivity contribution in [3.05, 3.63) is 254 Å². The molecule has 0 saturated carbocycles. The number of nitriles is 4. The fourth-order valence-corrected chi connectivity index (χ4v) is 11.8. The van der Waals surface area contributed by atoms with E-state index in [-0.39, 0.29) is 0 Å². The van der Waals surface area contributed by atoms with Crippen molar-refractivity contribution >= 4 is 40.2 Å². The SMILES string of the molecule is CC(C)c1ncc(CN)cn1.Cc1ccc(N2CCc3ncnc(Cl)c3C2)c(C#N)c1.Cc1ccc(N2CCc3ncnc(NCc4cnc(C(C)C)nc4)c3C2)c(C#N)c1.N#Cc1ccccc1N1CCc2ncncc2C1.N#Cc1ccccc1N1CCc2ncncc2C1. The van der Waals surface area contributed by atoms with Gasteiger partial charge >= 0.3 is 0 Å². The second-order valence-corrected chi connectivity index (χ2v) is 24.6. The number of benzene rings is 4. The molecule has 0 spiro atoms. The highest BCUT2D eigenvalue weighted by molar-refractivity contribution is 6.30. The number of hydrogen-bond donors (Lipinski definition) is 2. The number of para-hydroxylation sites is 2. The van der Waals surface area contributed by atoms with Crippen LogP contribution in [0.4, 0.5) is 28.6 Å². The Labute approximate surface area is 571 Å². The summed E-state index contributed by atoms with van der Waals surface area (Å²) in [5.74, 6) is 3.25. The Bertz CT molecular complexity index is 4400. The predicted octanol–water partition coefficient (Wildman–Crippen LogP) is 11.5. The van der Waals surface area contributed by atoms with Crippen LogP contribution in [0, 0.1) is 59.2 Å². The van der Waals surface area contributed by atoms with Crippen molar-refractivity contribution < 1.29 is 0 Å². The molecule has 10 heterocycles. The number of hydrogen-bond acceptors (Lipinski definition) is 22. The van der Waals surface area contributed by atoms with Gasteiger partial charge in [0.25, 0.3) is 0 Å². The lowest BCUT2D eigenvalue weighted by Gasteiger charge is -2.31. The zero-order chi connectivity index (χ0) is 68.2. The van der Waals surface area contributed by atoms with Gasteiger partial charge in [-0.3, -0.25) is 0 Å². The molecular weight excluding hydrogens is 1230 g/mol. The molecule has 23 heteroatoms. The molecule has 3 N–H and O–H groups in total. The maximum atomic E-state index is 9.56. The van der Waals surface area contributed by atoms with E-state index in [0.29, 0.717) is 54.3 Å². The lowest BCUT2D eigenvalue weighted by molar-refractivity contribution is 0.704. The third kappa shape index (κ3) is 17.5. The van der Waals surface area contributed by atoms with Crippen LogP contribution in [0.2, 0.25) is 5.15 Å². The Morgan fingerprint density at radius 1 is 0.454 bits per heavy atom. The molecule has 0 unspecified atom stereocenters. The summed E-state index contributed by atoms with van der Waals surface area (Å²) in [6, 6.07) is 36.4. The van der Waals surface area contributed by atoms with E-state index in [2.05, 4.69) is 137 Å². The molecule has 0 fully saturated rings. The molecule has 10 aromatic rings. The number of nitrogens with one attached hydrogen (secondary N) is 1. The van der Waals surface area contributed by atoms with Gasteiger partial charge in [-0.2, -0.15) is 21.0 Å². The van der Waals surface area contributed by atoms with Crippen LogP contribution in [0.25, 0.3) is 0 Å². The monoisotopic (exact) mass is 1310 g/mol. The van der Waals surface area contributed by atoms with E-state index < -0.39 is 0 Å². The summed E-state index contributed by atoms with van der Waals surface area (Å²) >= 11 is 6.15. The number of fused-ring (bicyclic) bond motifs is 4. The molecular formula is C74H75ClN22. The van der Waals surface area contributed by atoms with Gasteiger partial charge in [0.2, 0.25) is 0 Å². The van der Waals surface area contributed by atoms with Crippen LogP contribution in [0.5, 0.6) is 0 Å². The zero-order valence-corrected chi connectivity index (χ0v) is 56.1. The van der Waals surface area contributed by atoms with Gasteiger partial charge in [-0.15, -0.1) is 0 Å². The maximum Gasteiger partial charge on any atom is 0.137 e. The molecule has 488 valence electrons. The van der Waals surface area contributed by atoms with Crippen molar-refractivity contribution in [2.75, 3.05) is 51.1 Å². The number of aromatic nitrogens is 12. The number of nitrogens with two attached hydrogens (primary N) is 1. The molecule has 4 aromatic carbocycles. The Hall–Kier alpha value is -11.4. The number of anilines is 5.